The number of unbranched alkanes of at least 4 members (excludes halogenated alkanes) is 1. The fourth-order valence-electron chi connectivity index (χ4n) is 4.03. The van der Waals surface area contributed by atoms with E-state index in [0.717, 1.165) is 28.3 Å². The van der Waals surface area contributed by atoms with Gasteiger partial charge in [-0.15, -0.1) is 0 Å². The molecule has 2 amide bonds. The van der Waals surface area contributed by atoms with E-state index in [0.29, 0.717) is 12.3 Å². The molecule has 0 spiro atoms. The van der Waals surface area contributed by atoms with Crippen LogP contribution in [0.25, 0.3) is 0 Å². The standard InChI is InChI=1S/C30H37N3O5S/c1-5-6-19-31-30(35)24(3)32(21-25-11-8-7-9-12-25)29(34)22-33(26-13-10-14-27(20-26)38-4)39(36,37)28-17-15-23(2)16-18-28/h7-18,20,24H,5-6,19,21-22H2,1-4H3,(H,31,35)/t24-/m1/s1. The molecule has 0 aromatic heterocycles. The lowest BCUT2D eigenvalue weighted by Gasteiger charge is -2.32. The van der Waals surface area contributed by atoms with Crippen LogP contribution in [0, 0.1) is 6.92 Å². The number of hydrogen-bond acceptors (Lipinski definition) is 5. The molecular weight excluding hydrogens is 514 g/mol. The summed E-state index contributed by atoms with van der Waals surface area (Å²) in [6.45, 7) is 5.72. The molecule has 0 radical (unpaired) electrons. The Bertz CT molecular complexity index is 1340. The Morgan fingerprint density at radius 3 is 2.31 bits per heavy atom. The van der Waals surface area contributed by atoms with E-state index < -0.39 is 28.5 Å². The second-order valence-corrected chi connectivity index (χ2v) is 11.2. The summed E-state index contributed by atoms with van der Waals surface area (Å²) in [4.78, 5) is 28.4. The molecule has 0 aliphatic carbocycles. The highest BCUT2D eigenvalue weighted by Crippen LogP contribution is 2.27. The molecule has 0 saturated heterocycles. The third-order valence-corrected chi connectivity index (χ3v) is 8.21. The third kappa shape index (κ3) is 7.83. The van der Waals surface area contributed by atoms with Crippen molar-refractivity contribution < 1.29 is 22.7 Å². The Morgan fingerprint density at radius 2 is 1.67 bits per heavy atom. The highest BCUT2D eigenvalue weighted by Gasteiger charge is 2.32. The summed E-state index contributed by atoms with van der Waals surface area (Å²) in [5.74, 6) is -0.341. The zero-order valence-electron chi connectivity index (χ0n) is 23.0. The minimum absolute atomic E-state index is 0.0590. The average molecular weight is 552 g/mol. The average Bonchev–Trinajstić information content (AvgIpc) is 2.95. The third-order valence-electron chi connectivity index (χ3n) is 6.42. The molecule has 0 bridgehead atoms. The number of aryl methyl sites for hydroxylation is 1. The van der Waals surface area contributed by atoms with Gasteiger partial charge < -0.3 is 15.0 Å². The molecule has 3 aromatic carbocycles. The summed E-state index contributed by atoms with van der Waals surface area (Å²) in [6, 6.07) is 21.5. The molecule has 0 saturated carbocycles. The fraction of sp³-hybridized carbons (Fsp3) is 0.333. The predicted octanol–water partition coefficient (Wildman–Crippen LogP) is 4.53. The minimum atomic E-state index is -4.13. The maximum absolute atomic E-state index is 13.9. The molecule has 0 fully saturated rings. The SMILES string of the molecule is CCCCNC(=O)[C@@H](C)N(Cc1ccccc1)C(=O)CN(c1cccc(OC)c1)S(=O)(=O)c1ccc(C)cc1. The van der Waals surface area contributed by atoms with Crippen molar-refractivity contribution >= 4 is 27.5 Å². The zero-order chi connectivity index (χ0) is 28.4. The van der Waals surface area contributed by atoms with Crippen molar-refractivity contribution in [3.05, 3.63) is 90.0 Å². The van der Waals surface area contributed by atoms with E-state index in [1.165, 1.54) is 24.1 Å². The number of sulfonamides is 1. The number of amides is 2. The summed E-state index contributed by atoms with van der Waals surface area (Å²) in [7, 11) is -2.64. The topological polar surface area (TPSA) is 96.0 Å². The van der Waals surface area contributed by atoms with Gasteiger partial charge >= 0.3 is 0 Å². The van der Waals surface area contributed by atoms with Crippen molar-refractivity contribution in [2.24, 2.45) is 0 Å². The van der Waals surface area contributed by atoms with Crippen LogP contribution in [0.3, 0.4) is 0 Å². The van der Waals surface area contributed by atoms with Crippen LogP contribution >= 0.6 is 0 Å². The van der Waals surface area contributed by atoms with Crippen molar-refractivity contribution in [3.8, 4) is 5.75 Å². The van der Waals surface area contributed by atoms with Gasteiger partial charge in [-0.25, -0.2) is 8.42 Å². The van der Waals surface area contributed by atoms with E-state index in [4.69, 9.17) is 4.74 Å². The van der Waals surface area contributed by atoms with Gasteiger partial charge in [0, 0.05) is 19.2 Å². The highest BCUT2D eigenvalue weighted by molar-refractivity contribution is 7.92. The van der Waals surface area contributed by atoms with Gasteiger partial charge in [-0.05, 0) is 50.1 Å². The minimum Gasteiger partial charge on any atom is -0.497 e. The lowest BCUT2D eigenvalue weighted by molar-refractivity contribution is -0.139. The van der Waals surface area contributed by atoms with Gasteiger partial charge in [-0.1, -0.05) is 67.4 Å². The molecule has 9 heteroatoms. The molecule has 208 valence electrons. The molecule has 3 aromatic rings. The van der Waals surface area contributed by atoms with Crippen molar-refractivity contribution in [2.75, 3.05) is 24.5 Å². The molecule has 1 N–H and O–H groups in total. The van der Waals surface area contributed by atoms with E-state index in [1.807, 2.05) is 44.2 Å². The summed E-state index contributed by atoms with van der Waals surface area (Å²) in [6.07, 6.45) is 1.75. The number of anilines is 1. The Kier molecular flexibility index (Phi) is 10.5. The smallest absolute Gasteiger partial charge is 0.264 e. The molecular formula is C30H37N3O5S. The maximum Gasteiger partial charge on any atom is 0.264 e. The van der Waals surface area contributed by atoms with Crippen LogP contribution in [0.5, 0.6) is 5.75 Å². The van der Waals surface area contributed by atoms with Crippen LogP contribution in [0.4, 0.5) is 5.69 Å². The van der Waals surface area contributed by atoms with Crippen LogP contribution < -0.4 is 14.4 Å². The van der Waals surface area contributed by atoms with Gasteiger partial charge in [0.05, 0.1) is 17.7 Å². The van der Waals surface area contributed by atoms with Crippen LogP contribution in [0.1, 0.15) is 37.8 Å². The zero-order valence-corrected chi connectivity index (χ0v) is 23.8. The van der Waals surface area contributed by atoms with Crippen molar-refractivity contribution in [1.82, 2.24) is 10.2 Å². The van der Waals surface area contributed by atoms with Crippen LogP contribution in [-0.2, 0) is 26.2 Å². The van der Waals surface area contributed by atoms with Gasteiger partial charge in [-0.3, -0.25) is 13.9 Å². The summed E-state index contributed by atoms with van der Waals surface area (Å²) >= 11 is 0. The molecule has 0 aliphatic heterocycles. The number of carbonyl (C=O) groups is 2. The van der Waals surface area contributed by atoms with Gasteiger partial charge in [0.1, 0.15) is 18.3 Å². The molecule has 0 heterocycles. The largest absolute Gasteiger partial charge is 0.497 e. The van der Waals surface area contributed by atoms with Gasteiger partial charge in [-0.2, -0.15) is 0 Å². The summed E-state index contributed by atoms with van der Waals surface area (Å²) < 4.78 is 34.1. The van der Waals surface area contributed by atoms with E-state index in [1.54, 1.807) is 43.3 Å². The molecule has 39 heavy (non-hydrogen) atoms. The fourth-order valence-corrected chi connectivity index (χ4v) is 5.44. The first-order valence-electron chi connectivity index (χ1n) is 13.0. The molecule has 0 unspecified atom stereocenters. The first-order valence-corrected chi connectivity index (χ1v) is 14.5. The number of nitrogens with one attached hydrogen (secondary N) is 1. The lowest BCUT2D eigenvalue weighted by atomic mass is 10.1. The molecule has 3 rings (SSSR count). The Morgan fingerprint density at radius 1 is 0.974 bits per heavy atom. The highest BCUT2D eigenvalue weighted by atomic mass is 32.2. The second-order valence-electron chi connectivity index (χ2n) is 9.35. The normalized spacial score (nSPS) is 11.9. The second kappa shape index (κ2) is 13.8. The lowest BCUT2D eigenvalue weighted by Crippen LogP contribution is -2.51. The number of hydrogen-bond donors (Lipinski definition) is 1. The van der Waals surface area contributed by atoms with E-state index >= 15 is 0 Å². The summed E-state index contributed by atoms with van der Waals surface area (Å²) in [5.41, 5.74) is 2.02. The van der Waals surface area contributed by atoms with Crippen molar-refractivity contribution in [1.29, 1.82) is 0 Å². The monoisotopic (exact) mass is 551 g/mol. The first-order chi connectivity index (χ1) is 18.7. The Hall–Kier alpha value is -3.85. The van der Waals surface area contributed by atoms with Crippen molar-refractivity contribution in [3.63, 3.8) is 0 Å². The molecule has 1 atom stereocenters. The summed E-state index contributed by atoms with van der Waals surface area (Å²) in [5, 5.41) is 2.88. The van der Waals surface area contributed by atoms with Crippen molar-refractivity contribution in [2.45, 2.75) is 51.1 Å². The van der Waals surface area contributed by atoms with E-state index in [9.17, 15) is 18.0 Å². The number of benzene rings is 3. The van der Waals surface area contributed by atoms with Crippen LogP contribution in [0.2, 0.25) is 0 Å². The van der Waals surface area contributed by atoms with Gasteiger partial charge in [0.25, 0.3) is 10.0 Å². The maximum atomic E-state index is 13.9. The number of rotatable bonds is 13. The number of carbonyl (C=O) groups excluding carboxylic acids is 2. The quantitative estimate of drug-likeness (QED) is 0.315. The molecule has 8 nitrogen and oxygen atoms in total. The Balaban J connectivity index is 2.00. The number of nitrogens with zero attached hydrogens (tertiary/aromatic N) is 2. The first kappa shape index (κ1) is 29.7. The Labute approximate surface area is 231 Å². The number of ether oxygens (including phenoxy) is 1. The van der Waals surface area contributed by atoms with Gasteiger partial charge in [0.15, 0.2) is 0 Å². The van der Waals surface area contributed by atoms with Crippen LogP contribution in [0.15, 0.2) is 83.8 Å². The van der Waals surface area contributed by atoms with Gasteiger partial charge in [0.2, 0.25) is 11.8 Å². The van der Waals surface area contributed by atoms with Crippen LogP contribution in [-0.4, -0.2) is 51.4 Å². The number of methoxy groups -OCH3 is 1. The van der Waals surface area contributed by atoms with E-state index in [-0.39, 0.29) is 23.0 Å². The van der Waals surface area contributed by atoms with E-state index in [2.05, 4.69) is 5.32 Å². The molecule has 0 aliphatic rings. The predicted molar refractivity (Wildman–Crippen MR) is 153 cm³/mol.